The van der Waals surface area contributed by atoms with Crippen LogP contribution in [-0.2, 0) is 6.54 Å². The number of rotatable bonds is 4. The number of anilines is 1. The molecule has 2 aromatic heterocycles. The molecule has 3 aromatic rings. The highest BCUT2D eigenvalue weighted by atomic mass is 32.2. The van der Waals surface area contributed by atoms with Crippen LogP contribution in [0.1, 0.15) is 10.4 Å². The highest BCUT2D eigenvalue weighted by Gasteiger charge is 2.16. The van der Waals surface area contributed by atoms with Gasteiger partial charge in [-0.1, -0.05) is 23.9 Å². The van der Waals surface area contributed by atoms with Crippen molar-refractivity contribution in [3.63, 3.8) is 0 Å². The van der Waals surface area contributed by atoms with Gasteiger partial charge in [0, 0.05) is 35.9 Å². The van der Waals surface area contributed by atoms with Gasteiger partial charge in [-0.3, -0.25) is 4.79 Å². The molecule has 0 fully saturated rings. The van der Waals surface area contributed by atoms with Crippen LogP contribution in [0.5, 0.6) is 5.88 Å². The quantitative estimate of drug-likeness (QED) is 0.780. The summed E-state index contributed by atoms with van der Waals surface area (Å²) in [6, 6.07) is 11.1. The van der Waals surface area contributed by atoms with Gasteiger partial charge in [0.2, 0.25) is 5.88 Å². The Hall–Kier alpha value is -2.80. The molecule has 1 aromatic carbocycles. The second-order valence-corrected chi connectivity index (χ2v) is 6.61. The molecule has 1 aliphatic rings. The largest absolute Gasteiger partial charge is 0.480 e. The molecule has 0 bridgehead atoms. The van der Waals surface area contributed by atoms with Crippen LogP contribution in [-0.4, -0.2) is 33.3 Å². The van der Waals surface area contributed by atoms with Crippen LogP contribution >= 0.6 is 11.8 Å². The summed E-state index contributed by atoms with van der Waals surface area (Å²) in [5.74, 6) is 1.12. The lowest BCUT2D eigenvalue weighted by atomic mass is 10.1. The fraction of sp³-hybridized carbons (Fsp3) is 0.167. The van der Waals surface area contributed by atoms with Gasteiger partial charge in [-0.2, -0.15) is 0 Å². The highest BCUT2D eigenvalue weighted by molar-refractivity contribution is 7.99. The Morgan fingerprint density at radius 1 is 1.32 bits per heavy atom. The normalized spacial score (nSPS) is 12.7. The molecule has 0 saturated heterocycles. The molecule has 0 unspecified atom stereocenters. The Morgan fingerprint density at radius 3 is 3.08 bits per heavy atom. The predicted octanol–water partition coefficient (Wildman–Crippen LogP) is 3.31. The summed E-state index contributed by atoms with van der Waals surface area (Å²) in [6.45, 7) is 0.990. The Kier molecular flexibility index (Phi) is 4.15. The molecule has 7 heteroatoms. The minimum atomic E-state index is -0.259. The van der Waals surface area contributed by atoms with Gasteiger partial charge in [0.05, 0.1) is 12.8 Å². The van der Waals surface area contributed by atoms with E-state index in [0.717, 1.165) is 28.7 Å². The molecular weight excluding hydrogens is 336 g/mol. The monoisotopic (exact) mass is 352 g/mol. The second kappa shape index (κ2) is 6.60. The van der Waals surface area contributed by atoms with Crippen LogP contribution in [0, 0.1) is 0 Å². The average molecular weight is 352 g/mol. The number of aryl methyl sites for hydroxylation is 1. The molecule has 0 atom stereocenters. The highest BCUT2D eigenvalue weighted by Crippen LogP contribution is 2.30. The molecule has 3 heterocycles. The summed E-state index contributed by atoms with van der Waals surface area (Å²) >= 11 is 1.76. The summed E-state index contributed by atoms with van der Waals surface area (Å²) < 4.78 is 7.30. The van der Waals surface area contributed by atoms with E-state index in [1.54, 1.807) is 30.1 Å². The number of carbonyl (C=O) groups excluding carboxylic acids is 1. The number of ether oxygens (including phenoxy) is 1. The SMILES string of the molecule is COc1ncccc1C(=O)Nc1cccc(-c2cn3c(n2)SCC3)c1. The number of thioether (sulfide) groups is 1. The van der Waals surface area contributed by atoms with Crippen molar-refractivity contribution in [2.24, 2.45) is 0 Å². The van der Waals surface area contributed by atoms with E-state index in [2.05, 4.69) is 26.0 Å². The van der Waals surface area contributed by atoms with Gasteiger partial charge in [0.1, 0.15) is 5.56 Å². The van der Waals surface area contributed by atoms with Gasteiger partial charge >= 0.3 is 0 Å². The van der Waals surface area contributed by atoms with Gasteiger partial charge in [-0.15, -0.1) is 0 Å². The Labute approximate surface area is 149 Å². The maximum Gasteiger partial charge on any atom is 0.261 e. The van der Waals surface area contributed by atoms with Crippen molar-refractivity contribution >= 4 is 23.4 Å². The fourth-order valence-corrected chi connectivity index (χ4v) is 3.67. The fourth-order valence-electron chi connectivity index (χ4n) is 2.73. The van der Waals surface area contributed by atoms with E-state index in [1.807, 2.05) is 24.3 Å². The Bertz CT molecular complexity index is 917. The molecule has 0 aliphatic carbocycles. The number of nitrogens with one attached hydrogen (secondary N) is 1. The van der Waals surface area contributed by atoms with Gasteiger partial charge in [-0.25, -0.2) is 9.97 Å². The van der Waals surface area contributed by atoms with Crippen LogP contribution in [0.25, 0.3) is 11.3 Å². The zero-order valence-electron chi connectivity index (χ0n) is 13.6. The van der Waals surface area contributed by atoms with Crippen molar-refractivity contribution in [3.8, 4) is 17.1 Å². The summed E-state index contributed by atoms with van der Waals surface area (Å²) in [4.78, 5) is 21.2. The molecule has 0 spiro atoms. The molecule has 0 saturated carbocycles. The first-order valence-corrected chi connectivity index (χ1v) is 8.84. The van der Waals surface area contributed by atoms with Crippen LogP contribution in [0.4, 0.5) is 5.69 Å². The zero-order chi connectivity index (χ0) is 17.2. The molecule has 4 rings (SSSR count). The topological polar surface area (TPSA) is 69.0 Å². The first-order chi connectivity index (χ1) is 12.2. The molecule has 1 aliphatic heterocycles. The third kappa shape index (κ3) is 3.10. The van der Waals surface area contributed by atoms with E-state index in [0.29, 0.717) is 17.1 Å². The number of benzene rings is 1. The van der Waals surface area contributed by atoms with E-state index in [1.165, 1.54) is 7.11 Å². The summed E-state index contributed by atoms with van der Waals surface area (Å²) in [7, 11) is 1.50. The molecule has 126 valence electrons. The van der Waals surface area contributed by atoms with Crippen molar-refractivity contribution < 1.29 is 9.53 Å². The van der Waals surface area contributed by atoms with Gasteiger partial charge in [0.15, 0.2) is 5.16 Å². The third-order valence-corrected chi connectivity index (χ3v) is 4.90. The van der Waals surface area contributed by atoms with E-state index >= 15 is 0 Å². The van der Waals surface area contributed by atoms with Gasteiger partial charge in [-0.05, 0) is 24.3 Å². The smallest absolute Gasteiger partial charge is 0.261 e. The standard InChI is InChI=1S/C18H16N4O2S/c1-24-17-14(6-3-7-19-17)16(23)20-13-5-2-4-12(10-13)15-11-22-8-9-25-18(22)21-15/h2-7,10-11H,8-9H2,1H3,(H,20,23). The first-order valence-electron chi connectivity index (χ1n) is 7.85. The molecule has 6 nitrogen and oxygen atoms in total. The van der Waals surface area contributed by atoms with Crippen LogP contribution in [0.15, 0.2) is 53.9 Å². The first kappa shape index (κ1) is 15.7. The number of methoxy groups -OCH3 is 1. The maximum absolute atomic E-state index is 12.5. The Morgan fingerprint density at radius 2 is 2.24 bits per heavy atom. The number of hydrogen-bond donors (Lipinski definition) is 1. The predicted molar refractivity (Wildman–Crippen MR) is 97.1 cm³/mol. The lowest BCUT2D eigenvalue weighted by molar-refractivity contribution is 0.102. The van der Waals surface area contributed by atoms with Crippen LogP contribution < -0.4 is 10.1 Å². The van der Waals surface area contributed by atoms with Crippen molar-refractivity contribution in [1.82, 2.24) is 14.5 Å². The van der Waals surface area contributed by atoms with Gasteiger partial charge in [0.25, 0.3) is 5.91 Å². The van der Waals surface area contributed by atoms with E-state index in [4.69, 9.17) is 4.74 Å². The Balaban J connectivity index is 1.58. The molecular formula is C18H16N4O2S. The molecule has 1 amide bonds. The van der Waals surface area contributed by atoms with Crippen molar-refractivity contribution in [3.05, 3.63) is 54.4 Å². The summed E-state index contributed by atoms with van der Waals surface area (Å²) in [5, 5.41) is 3.94. The molecule has 0 radical (unpaired) electrons. The number of pyridine rings is 1. The van der Waals surface area contributed by atoms with Crippen LogP contribution in [0.3, 0.4) is 0 Å². The maximum atomic E-state index is 12.5. The van der Waals surface area contributed by atoms with E-state index in [-0.39, 0.29) is 5.91 Å². The number of nitrogens with zero attached hydrogens (tertiary/aromatic N) is 3. The minimum Gasteiger partial charge on any atom is -0.480 e. The van der Waals surface area contributed by atoms with Crippen molar-refractivity contribution in [2.45, 2.75) is 11.7 Å². The lowest BCUT2D eigenvalue weighted by Crippen LogP contribution is -2.13. The number of hydrogen-bond acceptors (Lipinski definition) is 5. The minimum absolute atomic E-state index is 0.259. The molecule has 1 N–H and O–H groups in total. The number of amides is 1. The van der Waals surface area contributed by atoms with E-state index in [9.17, 15) is 4.79 Å². The second-order valence-electron chi connectivity index (χ2n) is 5.55. The van der Waals surface area contributed by atoms with E-state index < -0.39 is 0 Å². The molecule has 25 heavy (non-hydrogen) atoms. The van der Waals surface area contributed by atoms with Crippen LogP contribution in [0.2, 0.25) is 0 Å². The zero-order valence-corrected chi connectivity index (χ0v) is 14.4. The third-order valence-electron chi connectivity index (χ3n) is 3.93. The van der Waals surface area contributed by atoms with Gasteiger partial charge < -0.3 is 14.6 Å². The average Bonchev–Trinajstić information content (AvgIpc) is 3.24. The lowest BCUT2D eigenvalue weighted by Gasteiger charge is -2.09. The number of imidazole rings is 1. The van der Waals surface area contributed by atoms with Crippen molar-refractivity contribution in [2.75, 3.05) is 18.2 Å². The summed E-state index contributed by atoms with van der Waals surface area (Å²) in [6.07, 6.45) is 3.65. The number of aromatic nitrogens is 3. The number of fused-ring (bicyclic) bond motifs is 1. The van der Waals surface area contributed by atoms with Crippen molar-refractivity contribution in [1.29, 1.82) is 0 Å². The number of carbonyl (C=O) groups is 1. The summed E-state index contributed by atoms with van der Waals surface area (Å²) in [5.41, 5.74) is 2.98.